The maximum Gasteiger partial charge on any atom is 0.338 e. The molecule has 1 amide bonds. The fourth-order valence-corrected chi connectivity index (χ4v) is 4.32. The van der Waals surface area contributed by atoms with E-state index >= 15 is 0 Å². The van der Waals surface area contributed by atoms with Gasteiger partial charge in [-0.3, -0.25) is 9.69 Å². The summed E-state index contributed by atoms with van der Waals surface area (Å²) in [6.07, 6.45) is 0.721. The number of halogens is 1. The number of rotatable bonds is 3. The number of thioether (sulfide) groups is 1. The minimum atomic E-state index is -0.505. The lowest BCUT2D eigenvalue weighted by Crippen LogP contribution is -2.40. The maximum absolute atomic E-state index is 12.8. The molecule has 0 unspecified atom stereocenters. The van der Waals surface area contributed by atoms with E-state index in [4.69, 9.17) is 4.74 Å². The molecule has 0 aliphatic carbocycles. The molecule has 3 rings (SSSR count). The number of hydrogen-bond acceptors (Lipinski definition) is 5. The Balaban J connectivity index is 2.15. The quantitative estimate of drug-likeness (QED) is 0.715. The molecule has 0 N–H and O–H groups in total. The third-order valence-electron chi connectivity index (χ3n) is 4.11. The molecule has 2 aliphatic rings. The van der Waals surface area contributed by atoms with Gasteiger partial charge in [0.15, 0.2) is 5.17 Å². The molecule has 2 atom stereocenters. The first-order valence-corrected chi connectivity index (χ1v) is 9.28. The van der Waals surface area contributed by atoms with Crippen molar-refractivity contribution in [3.63, 3.8) is 0 Å². The molecule has 2 aliphatic heterocycles. The molecule has 2 heterocycles. The third-order valence-corrected chi connectivity index (χ3v) is 5.96. The van der Waals surface area contributed by atoms with Gasteiger partial charge in [0.1, 0.15) is 0 Å². The van der Waals surface area contributed by atoms with Gasteiger partial charge < -0.3 is 4.74 Å². The Morgan fingerprint density at radius 3 is 2.62 bits per heavy atom. The van der Waals surface area contributed by atoms with Gasteiger partial charge in [0, 0.05) is 4.47 Å². The van der Waals surface area contributed by atoms with E-state index < -0.39 is 12.0 Å². The Kier molecular flexibility index (Phi) is 4.83. The van der Waals surface area contributed by atoms with Crippen LogP contribution in [0, 0.1) is 0 Å². The number of methoxy groups -OCH3 is 1. The number of hydrogen-bond donors (Lipinski definition) is 0. The van der Waals surface area contributed by atoms with Crippen LogP contribution in [0.25, 0.3) is 0 Å². The van der Waals surface area contributed by atoms with Crippen LogP contribution in [0.5, 0.6) is 0 Å². The number of fused-ring (bicyclic) bond motifs is 1. The van der Waals surface area contributed by atoms with Crippen LogP contribution in [0.2, 0.25) is 0 Å². The highest BCUT2D eigenvalue weighted by molar-refractivity contribution is 9.10. The van der Waals surface area contributed by atoms with Gasteiger partial charge in [0.05, 0.1) is 29.7 Å². The van der Waals surface area contributed by atoms with Gasteiger partial charge >= 0.3 is 5.97 Å². The highest BCUT2D eigenvalue weighted by atomic mass is 79.9. The number of aliphatic imine (C=N–C) groups is 1. The number of carbonyl (C=O) groups excluding carboxylic acids is 2. The Labute approximate surface area is 153 Å². The summed E-state index contributed by atoms with van der Waals surface area (Å²) in [5.41, 5.74) is 1.86. The van der Waals surface area contributed by atoms with E-state index in [2.05, 4.69) is 20.9 Å². The van der Waals surface area contributed by atoms with E-state index in [0.717, 1.165) is 16.5 Å². The summed E-state index contributed by atoms with van der Waals surface area (Å²) in [4.78, 5) is 31.3. The van der Waals surface area contributed by atoms with Crippen molar-refractivity contribution >= 4 is 44.7 Å². The molecule has 0 aromatic heterocycles. The van der Waals surface area contributed by atoms with Crippen LogP contribution in [0.15, 0.2) is 45.0 Å². The van der Waals surface area contributed by atoms with Crippen LogP contribution in [0.3, 0.4) is 0 Å². The average molecular weight is 409 g/mol. The molecule has 24 heavy (non-hydrogen) atoms. The zero-order valence-corrected chi connectivity index (χ0v) is 16.0. The van der Waals surface area contributed by atoms with Crippen molar-refractivity contribution in [1.29, 1.82) is 0 Å². The highest BCUT2D eigenvalue weighted by Crippen LogP contribution is 2.44. The van der Waals surface area contributed by atoms with Crippen LogP contribution in [-0.2, 0) is 14.3 Å². The molecular formula is C17H17BrN2O3S. The largest absolute Gasteiger partial charge is 0.466 e. The first-order valence-electron chi connectivity index (χ1n) is 7.60. The summed E-state index contributed by atoms with van der Waals surface area (Å²) in [6, 6.07) is 7.11. The van der Waals surface area contributed by atoms with E-state index in [1.807, 2.05) is 31.2 Å². The summed E-state index contributed by atoms with van der Waals surface area (Å²) in [5.74, 6) is -0.468. The maximum atomic E-state index is 12.8. The molecule has 1 saturated heterocycles. The predicted molar refractivity (Wildman–Crippen MR) is 97.6 cm³/mol. The minimum Gasteiger partial charge on any atom is -0.466 e. The van der Waals surface area contributed by atoms with Gasteiger partial charge in [0.25, 0.3) is 0 Å². The van der Waals surface area contributed by atoms with Crippen molar-refractivity contribution in [2.45, 2.75) is 31.6 Å². The zero-order chi connectivity index (χ0) is 17.4. The number of amides is 1. The second kappa shape index (κ2) is 6.72. The summed E-state index contributed by atoms with van der Waals surface area (Å²) in [7, 11) is 1.34. The molecular weight excluding hydrogens is 392 g/mol. The van der Waals surface area contributed by atoms with Gasteiger partial charge in [0.2, 0.25) is 5.91 Å². The lowest BCUT2D eigenvalue weighted by Gasteiger charge is -2.32. The predicted octanol–water partition coefficient (Wildman–Crippen LogP) is 3.66. The molecule has 7 heteroatoms. The number of nitrogens with zero attached hydrogens (tertiary/aromatic N) is 2. The fourth-order valence-electron chi connectivity index (χ4n) is 2.92. The minimum absolute atomic E-state index is 0.0110. The molecule has 0 saturated carbocycles. The standard InChI is InChI=1S/C17H17BrN2O3S/c1-4-12-15(21)20-14(10-5-7-11(18)8-6-10)13(16(22)23-3)9(2)19-17(20)24-12/h5-8,12,14H,4H2,1-3H3/t12-,14-/m0/s1. The molecule has 0 spiro atoms. The number of ether oxygens (including phenoxy) is 1. The van der Waals surface area contributed by atoms with E-state index in [1.54, 1.807) is 11.8 Å². The van der Waals surface area contributed by atoms with E-state index in [0.29, 0.717) is 16.4 Å². The van der Waals surface area contributed by atoms with Crippen molar-refractivity contribution in [3.05, 3.63) is 45.6 Å². The topological polar surface area (TPSA) is 59.0 Å². The highest BCUT2D eigenvalue weighted by Gasteiger charge is 2.46. The summed E-state index contributed by atoms with van der Waals surface area (Å²) < 4.78 is 5.89. The van der Waals surface area contributed by atoms with Gasteiger partial charge in [-0.2, -0.15) is 0 Å². The first kappa shape index (κ1) is 17.2. The first-order chi connectivity index (χ1) is 11.5. The number of esters is 1. The monoisotopic (exact) mass is 408 g/mol. The van der Waals surface area contributed by atoms with Crippen molar-refractivity contribution in [2.24, 2.45) is 4.99 Å². The second-order valence-corrected chi connectivity index (χ2v) is 7.65. The molecule has 1 fully saturated rings. The lowest BCUT2D eigenvalue weighted by atomic mass is 9.94. The Morgan fingerprint density at radius 1 is 1.38 bits per heavy atom. The summed E-state index contributed by atoms with van der Waals surface area (Å²) in [5, 5.41) is 0.497. The molecule has 1 aromatic carbocycles. The van der Waals surface area contributed by atoms with Crippen LogP contribution in [-0.4, -0.2) is 34.3 Å². The molecule has 5 nitrogen and oxygen atoms in total. The molecule has 126 valence electrons. The Hall–Kier alpha value is -1.60. The normalized spacial score (nSPS) is 23.2. The number of carbonyl (C=O) groups is 2. The van der Waals surface area contributed by atoms with E-state index in [9.17, 15) is 9.59 Å². The van der Waals surface area contributed by atoms with Gasteiger partial charge in [-0.15, -0.1) is 0 Å². The van der Waals surface area contributed by atoms with Gasteiger partial charge in [-0.1, -0.05) is 46.7 Å². The van der Waals surface area contributed by atoms with Crippen LogP contribution >= 0.6 is 27.7 Å². The second-order valence-electron chi connectivity index (χ2n) is 5.56. The van der Waals surface area contributed by atoms with Gasteiger partial charge in [-0.05, 0) is 31.0 Å². The number of amidine groups is 1. The molecule has 0 bridgehead atoms. The van der Waals surface area contributed by atoms with Crippen molar-refractivity contribution in [3.8, 4) is 0 Å². The van der Waals surface area contributed by atoms with Crippen molar-refractivity contribution in [2.75, 3.05) is 7.11 Å². The van der Waals surface area contributed by atoms with Crippen LogP contribution in [0.1, 0.15) is 31.9 Å². The van der Waals surface area contributed by atoms with Crippen LogP contribution < -0.4 is 0 Å². The summed E-state index contributed by atoms with van der Waals surface area (Å²) >= 11 is 4.88. The average Bonchev–Trinajstić information content (AvgIpc) is 2.89. The van der Waals surface area contributed by atoms with Crippen LogP contribution in [0.4, 0.5) is 0 Å². The van der Waals surface area contributed by atoms with Crippen molar-refractivity contribution < 1.29 is 14.3 Å². The Bertz CT molecular complexity index is 758. The Morgan fingerprint density at radius 2 is 2.04 bits per heavy atom. The third kappa shape index (κ3) is 2.80. The molecule has 1 aromatic rings. The number of allylic oxidation sites excluding steroid dienone is 1. The van der Waals surface area contributed by atoms with E-state index in [-0.39, 0.29) is 11.2 Å². The zero-order valence-electron chi connectivity index (χ0n) is 13.6. The SMILES string of the molecule is CC[C@@H]1SC2=NC(C)=C(C(=O)OC)[C@H](c3ccc(Br)cc3)N2C1=O. The fraction of sp³-hybridized carbons (Fsp3) is 0.353. The van der Waals surface area contributed by atoms with Crippen molar-refractivity contribution in [1.82, 2.24) is 4.90 Å². The summed E-state index contributed by atoms with van der Waals surface area (Å²) in [6.45, 7) is 3.76. The lowest BCUT2D eigenvalue weighted by molar-refractivity contribution is -0.137. The number of benzene rings is 1. The smallest absolute Gasteiger partial charge is 0.338 e. The van der Waals surface area contributed by atoms with E-state index in [1.165, 1.54) is 18.9 Å². The van der Waals surface area contributed by atoms with Gasteiger partial charge in [-0.25, -0.2) is 9.79 Å². The molecule has 0 radical (unpaired) electrons.